The molecule has 2 aliphatic carbocycles. The molecule has 0 heterocycles. The van der Waals surface area contributed by atoms with Crippen LogP contribution in [0.25, 0.3) is 0 Å². The van der Waals surface area contributed by atoms with Gasteiger partial charge in [0.15, 0.2) is 0 Å². The maximum Gasteiger partial charge on any atom is 0.0380 e. The second kappa shape index (κ2) is 20.6. The lowest BCUT2D eigenvalue weighted by Gasteiger charge is -2.46. The van der Waals surface area contributed by atoms with E-state index < -0.39 is 15.8 Å². The summed E-state index contributed by atoms with van der Waals surface area (Å²) in [4.78, 5) is 0. The Morgan fingerprint density at radius 1 is 0.471 bits per heavy atom. The molecule has 0 spiro atoms. The molecule has 272 valence electrons. The molecular formula is C41H50O6P2S2. The quantitative estimate of drug-likeness (QED) is 0.0449. The van der Waals surface area contributed by atoms with Crippen LogP contribution in [0.2, 0.25) is 0 Å². The number of hydrogen-bond acceptors (Lipinski definition) is 8. The van der Waals surface area contributed by atoms with E-state index in [1.165, 1.54) is 58.1 Å². The third-order valence-corrected chi connectivity index (χ3v) is 18.1. The van der Waals surface area contributed by atoms with Crippen LogP contribution < -0.4 is 21.2 Å². The van der Waals surface area contributed by atoms with Crippen LogP contribution >= 0.6 is 39.9 Å². The van der Waals surface area contributed by atoms with Crippen molar-refractivity contribution in [1.29, 1.82) is 0 Å². The molecule has 51 heavy (non-hydrogen) atoms. The number of hydrogen-bond donors (Lipinski definition) is 2. The predicted octanol–water partition coefficient (Wildman–Crippen LogP) is 10.3. The minimum atomic E-state index is -0.621. The van der Waals surface area contributed by atoms with E-state index in [-0.39, 0.29) is 5.41 Å². The van der Waals surface area contributed by atoms with E-state index in [1.54, 1.807) is 0 Å². The predicted molar refractivity (Wildman–Crippen MR) is 216 cm³/mol. The zero-order chi connectivity index (χ0) is 35.1. The Labute approximate surface area is 314 Å². The molecule has 0 unspecified atom stereocenters. The van der Waals surface area contributed by atoms with Gasteiger partial charge in [0.05, 0.1) is 0 Å². The van der Waals surface area contributed by atoms with Crippen LogP contribution in [-0.2, 0) is 18.7 Å². The fourth-order valence-corrected chi connectivity index (χ4v) is 15.3. The summed E-state index contributed by atoms with van der Waals surface area (Å²) in [5.41, 5.74) is 0.0967. The van der Waals surface area contributed by atoms with E-state index in [9.17, 15) is 0 Å². The van der Waals surface area contributed by atoms with Crippen molar-refractivity contribution in [3.05, 3.63) is 121 Å². The highest BCUT2D eigenvalue weighted by Gasteiger charge is 2.42. The first-order valence-corrected chi connectivity index (χ1v) is 22.8. The molecule has 0 atom stereocenters. The van der Waals surface area contributed by atoms with Crippen LogP contribution in [0.15, 0.2) is 121 Å². The molecule has 0 bridgehead atoms. The van der Waals surface area contributed by atoms with Crippen molar-refractivity contribution in [1.82, 2.24) is 0 Å². The third kappa shape index (κ3) is 11.6. The van der Waals surface area contributed by atoms with Crippen molar-refractivity contribution in [2.24, 2.45) is 17.3 Å². The first-order valence-electron chi connectivity index (χ1n) is 18.2. The van der Waals surface area contributed by atoms with Gasteiger partial charge in [0, 0.05) is 34.6 Å². The third-order valence-electron chi connectivity index (χ3n) is 10.7. The zero-order valence-electron chi connectivity index (χ0n) is 29.1. The SMILES string of the molecule is OOOSC1CCC(CC(CC2CCC(SOOO)CC2)(CP(c2ccccc2)c2ccccc2)CP(c2ccccc2)c2ccccc2)CC1. The molecule has 4 aromatic carbocycles. The fourth-order valence-electron chi connectivity index (χ4n) is 8.39. The van der Waals surface area contributed by atoms with Gasteiger partial charge in [-0.05, 0) is 131 Å². The van der Waals surface area contributed by atoms with Gasteiger partial charge >= 0.3 is 0 Å². The molecule has 6 nitrogen and oxygen atoms in total. The largest absolute Gasteiger partial charge is 0.220 e. The highest BCUT2D eigenvalue weighted by Crippen LogP contribution is 2.55. The Bertz CT molecular complexity index is 1330. The number of rotatable bonds is 18. The van der Waals surface area contributed by atoms with Crippen molar-refractivity contribution >= 4 is 61.1 Å². The normalized spacial score (nSPS) is 21.3. The highest BCUT2D eigenvalue weighted by atomic mass is 32.2. The average Bonchev–Trinajstić information content (AvgIpc) is 3.20. The van der Waals surface area contributed by atoms with E-state index in [1.807, 2.05) is 0 Å². The van der Waals surface area contributed by atoms with Crippen LogP contribution in [0.5, 0.6) is 0 Å². The van der Waals surface area contributed by atoms with Gasteiger partial charge in [-0.1, -0.05) is 131 Å². The summed E-state index contributed by atoms with van der Waals surface area (Å²) in [6, 6.07) is 45.1. The molecule has 0 aromatic heterocycles. The van der Waals surface area contributed by atoms with E-state index in [2.05, 4.69) is 131 Å². The van der Waals surface area contributed by atoms with Gasteiger partial charge in [0.25, 0.3) is 0 Å². The summed E-state index contributed by atoms with van der Waals surface area (Å²) in [6.07, 6.45) is 13.6. The lowest BCUT2D eigenvalue weighted by molar-refractivity contribution is -0.432. The van der Waals surface area contributed by atoms with Gasteiger partial charge in [-0.2, -0.15) is 0 Å². The molecule has 10 heteroatoms. The molecule has 6 rings (SSSR count). The van der Waals surface area contributed by atoms with Crippen LogP contribution in [0, 0.1) is 17.3 Å². The summed E-state index contributed by atoms with van der Waals surface area (Å²) < 4.78 is 9.78. The smallest absolute Gasteiger partial charge is 0.0380 e. The van der Waals surface area contributed by atoms with Crippen molar-refractivity contribution in [3.8, 4) is 0 Å². The van der Waals surface area contributed by atoms with E-state index >= 15 is 0 Å². The number of benzene rings is 4. The summed E-state index contributed by atoms with van der Waals surface area (Å²) in [7, 11) is -1.24. The maximum atomic E-state index is 8.80. The van der Waals surface area contributed by atoms with Crippen molar-refractivity contribution in [3.63, 3.8) is 0 Å². The van der Waals surface area contributed by atoms with Crippen molar-refractivity contribution in [2.45, 2.75) is 74.7 Å². The summed E-state index contributed by atoms with van der Waals surface area (Å²) >= 11 is 2.52. The van der Waals surface area contributed by atoms with Gasteiger partial charge in [-0.25, -0.2) is 10.5 Å². The average molecular weight is 765 g/mol. The van der Waals surface area contributed by atoms with Gasteiger partial charge in [-0.3, -0.25) is 0 Å². The molecular weight excluding hydrogens is 715 g/mol. The Kier molecular flexibility index (Phi) is 15.7. The molecule has 4 aromatic rings. The Morgan fingerprint density at radius 3 is 1.04 bits per heavy atom. The van der Waals surface area contributed by atoms with Gasteiger partial charge < -0.3 is 0 Å². The van der Waals surface area contributed by atoms with Crippen LogP contribution in [0.4, 0.5) is 0 Å². The monoisotopic (exact) mass is 764 g/mol. The van der Waals surface area contributed by atoms with Crippen molar-refractivity contribution < 1.29 is 29.3 Å². The molecule has 0 amide bonds. The highest BCUT2D eigenvalue weighted by molar-refractivity contribution is 7.95. The first-order chi connectivity index (χ1) is 25.1. The molecule has 0 aliphatic heterocycles. The standard InChI is InChI=1S/C41H50O6P2S2/c42-44-46-50-39-25-21-33(22-26-39)29-41(30-34-23-27-40(28-24-34)51-47-45-43,31-48(35-13-5-1-6-14-35)36-15-7-2-8-16-36)32-49(37-17-9-3-10-18-37)38-19-11-4-12-20-38/h1-20,33-34,39-40,42-43H,21-32H2. The minimum Gasteiger partial charge on any atom is -0.220 e. The van der Waals surface area contributed by atoms with E-state index in [0.717, 1.165) is 63.7 Å². The van der Waals surface area contributed by atoms with Crippen LogP contribution in [-0.4, -0.2) is 33.3 Å². The summed E-state index contributed by atoms with van der Waals surface area (Å²) in [5.74, 6) is 1.23. The molecule has 2 saturated carbocycles. The molecule has 2 N–H and O–H groups in total. The van der Waals surface area contributed by atoms with Crippen LogP contribution in [0.3, 0.4) is 0 Å². The Morgan fingerprint density at radius 2 is 0.765 bits per heavy atom. The summed E-state index contributed by atoms with van der Waals surface area (Å²) in [6.45, 7) is 0. The zero-order valence-corrected chi connectivity index (χ0v) is 32.5. The second-order valence-electron chi connectivity index (χ2n) is 14.2. The second-order valence-corrected chi connectivity index (χ2v) is 20.6. The lowest BCUT2D eigenvalue weighted by atomic mass is 9.70. The summed E-state index contributed by atoms with van der Waals surface area (Å²) in [5, 5.41) is 32.0. The Balaban J connectivity index is 1.41. The van der Waals surface area contributed by atoms with E-state index in [4.69, 9.17) is 19.2 Å². The molecule has 2 aliphatic rings. The van der Waals surface area contributed by atoms with Gasteiger partial charge in [0.2, 0.25) is 0 Å². The lowest BCUT2D eigenvalue weighted by Crippen LogP contribution is -2.39. The topological polar surface area (TPSA) is 77.4 Å². The maximum absolute atomic E-state index is 8.80. The van der Waals surface area contributed by atoms with Crippen LogP contribution in [0.1, 0.15) is 64.2 Å². The van der Waals surface area contributed by atoms with E-state index in [0.29, 0.717) is 22.3 Å². The molecule has 0 saturated heterocycles. The molecule has 0 radical (unpaired) electrons. The van der Waals surface area contributed by atoms with Crippen molar-refractivity contribution in [2.75, 3.05) is 12.3 Å². The van der Waals surface area contributed by atoms with Gasteiger partial charge in [0.1, 0.15) is 0 Å². The Hall–Kier alpha value is -1.80. The van der Waals surface area contributed by atoms with Gasteiger partial charge in [-0.15, -0.1) is 8.67 Å². The fraction of sp³-hybridized carbons (Fsp3) is 0.415. The minimum absolute atomic E-state index is 0.0967. The molecule has 2 fully saturated rings. The first kappa shape index (κ1) is 38.9.